The van der Waals surface area contributed by atoms with Gasteiger partial charge in [-0.05, 0) is 63.9 Å². The second-order valence-electron chi connectivity index (χ2n) is 12.6. The molecule has 0 spiro atoms. The number of ether oxygens (including phenoxy) is 1. The minimum absolute atomic E-state index is 0.0355. The van der Waals surface area contributed by atoms with Crippen molar-refractivity contribution in [2.24, 2.45) is 5.73 Å². The number of rotatable bonds is 12. The number of unbranched alkanes of at least 4 members (excludes halogenated alkanes) is 2. The average molecular weight is 698 g/mol. The van der Waals surface area contributed by atoms with E-state index in [1.54, 1.807) is 13.1 Å². The van der Waals surface area contributed by atoms with Gasteiger partial charge in [-0.15, -0.1) is 5.10 Å². The fraction of sp³-hybridized carbons (Fsp3) is 0.576. The summed E-state index contributed by atoms with van der Waals surface area (Å²) >= 11 is 0. The molecule has 0 saturated carbocycles. The SMILES string of the molecule is CCCCC[C@@H]1NC(=O)[C@H](CCC(=O)O)NC(=O)c2cc(NC(=O)[C@H](C)n3cc(C4CCNCC4)nn3)ccc2OCC[C@@H](C(N)=O)NC1=O. The fourth-order valence-electron chi connectivity index (χ4n) is 5.82. The number of carboxylic acids is 1. The van der Waals surface area contributed by atoms with Crippen LogP contribution >= 0.6 is 0 Å². The van der Waals surface area contributed by atoms with E-state index in [0.717, 1.165) is 44.5 Å². The first-order valence-electron chi connectivity index (χ1n) is 17.1. The molecule has 5 amide bonds. The van der Waals surface area contributed by atoms with Crippen LogP contribution in [-0.2, 0) is 24.0 Å². The Morgan fingerprint density at radius 2 is 1.76 bits per heavy atom. The van der Waals surface area contributed by atoms with Crippen molar-refractivity contribution >= 4 is 41.2 Å². The Hall–Kier alpha value is -5.06. The molecule has 50 heavy (non-hydrogen) atoms. The lowest BCUT2D eigenvalue weighted by Gasteiger charge is -2.26. The van der Waals surface area contributed by atoms with E-state index in [1.165, 1.54) is 22.9 Å². The van der Waals surface area contributed by atoms with Crippen LogP contribution in [0.3, 0.4) is 0 Å². The number of carboxylic acid groups (broad SMARTS) is 1. The number of fused-ring (bicyclic) bond motifs is 1. The van der Waals surface area contributed by atoms with E-state index in [4.69, 9.17) is 10.5 Å². The maximum absolute atomic E-state index is 13.7. The zero-order valence-corrected chi connectivity index (χ0v) is 28.4. The minimum atomic E-state index is -1.34. The van der Waals surface area contributed by atoms with Crippen LogP contribution in [0.15, 0.2) is 24.4 Å². The number of carbonyl (C=O) groups excluding carboxylic acids is 5. The summed E-state index contributed by atoms with van der Waals surface area (Å²) in [6, 6.07) is 0.0406. The zero-order chi connectivity index (χ0) is 36.2. The third-order valence-electron chi connectivity index (χ3n) is 8.88. The molecule has 3 heterocycles. The Labute approximate surface area is 289 Å². The highest BCUT2D eigenvalue weighted by atomic mass is 16.5. The Morgan fingerprint density at radius 1 is 1.04 bits per heavy atom. The Balaban J connectivity index is 1.59. The van der Waals surface area contributed by atoms with Crippen molar-refractivity contribution in [1.29, 1.82) is 0 Å². The van der Waals surface area contributed by atoms with Crippen LogP contribution in [0, 0.1) is 0 Å². The summed E-state index contributed by atoms with van der Waals surface area (Å²) in [5, 5.41) is 31.7. The van der Waals surface area contributed by atoms with E-state index in [9.17, 15) is 33.9 Å². The standard InChI is InChI=1S/C33H47N9O8/c1-3-4-5-6-24-32(48)37-23(29(34)45)13-16-50-27-9-7-21(17-22(27)31(47)38-25(33(49)39-24)8-10-28(43)44)36-30(46)19(2)42-18-26(40-41-42)20-11-14-35-15-12-20/h7,9,17-20,23-25,35H,3-6,8,10-16H2,1-2H3,(H2,34,45)(H,36,46)(H,37,48)(H,38,47)(H,39,49)(H,43,44)/t19-,23-,24-,25-/m0/s1. The Kier molecular flexibility index (Phi) is 13.7. The van der Waals surface area contributed by atoms with Gasteiger partial charge >= 0.3 is 5.97 Å². The molecule has 0 aliphatic carbocycles. The topological polar surface area (TPSA) is 249 Å². The summed E-state index contributed by atoms with van der Waals surface area (Å²) in [7, 11) is 0. The maximum atomic E-state index is 13.7. The van der Waals surface area contributed by atoms with Crippen LogP contribution in [0.4, 0.5) is 5.69 Å². The monoisotopic (exact) mass is 697 g/mol. The first kappa shape index (κ1) is 37.8. The molecule has 1 aromatic carbocycles. The van der Waals surface area contributed by atoms with Gasteiger partial charge in [0.15, 0.2) is 0 Å². The number of aliphatic carboxylic acids is 1. The number of benzene rings is 1. The van der Waals surface area contributed by atoms with Gasteiger partial charge in [0, 0.05) is 30.6 Å². The van der Waals surface area contributed by atoms with Gasteiger partial charge in [-0.3, -0.25) is 28.8 Å². The molecule has 17 heteroatoms. The number of nitrogens with one attached hydrogen (secondary N) is 5. The number of primary amides is 1. The third-order valence-corrected chi connectivity index (χ3v) is 8.88. The van der Waals surface area contributed by atoms with E-state index in [-0.39, 0.29) is 48.8 Å². The first-order chi connectivity index (χ1) is 24.0. The predicted octanol–water partition coefficient (Wildman–Crippen LogP) is 0.726. The molecule has 0 radical (unpaired) electrons. The lowest BCUT2D eigenvalue weighted by atomic mass is 9.95. The van der Waals surface area contributed by atoms with Crippen molar-refractivity contribution in [3.8, 4) is 5.75 Å². The smallest absolute Gasteiger partial charge is 0.303 e. The number of nitrogens with zero attached hydrogens (tertiary/aromatic N) is 3. The molecule has 0 bridgehead atoms. The van der Waals surface area contributed by atoms with Gasteiger partial charge < -0.3 is 42.2 Å². The van der Waals surface area contributed by atoms with Crippen LogP contribution in [0.25, 0.3) is 0 Å². The van der Waals surface area contributed by atoms with Gasteiger partial charge in [-0.2, -0.15) is 0 Å². The van der Waals surface area contributed by atoms with Crippen molar-refractivity contribution in [2.45, 2.75) is 102 Å². The molecule has 1 fully saturated rings. The number of carbonyl (C=O) groups is 6. The number of anilines is 1. The first-order valence-corrected chi connectivity index (χ1v) is 17.1. The highest BCUT2D eigenvalue weighted by Crippen LogP contribution is 2.26. The summed E-state index contributed by atoms with van der Waals surface area (Å²) in [5.74, 6) is -4.32. The Bertz CT molecular complexity index is 1540. The molecule has 2 aromatic rings. The van der Waals surface area contributed by atoms with E-state index in [0.29, 0.717) is 6.42 Å². The van der Waals surface area contributed by atoms with E-state index in [2.05, 4.69) is 36.9 Å². The third kappa shape index (κ3) is 10.5. The van der Waals surface area contributed by atoms with Crippen LogP contribution in [0.2, 0.25) is 0 Å². The molecule has 17 nitrogen and oxygen atoms in total. The quantitative estimate of drug-likeness (QED) is 0.152. The summed E-state index contributed by atoms with van der Waals surface area (Å²) in [4.78, 5) is 77.4. The van der Waals surface area contributed by atoms with Crippen LogP contribution in [0.1, 0.15) is 99.6 Å². The summed E-state index contributed by atoms with van der Waals surface area (Å²) in [6.45, 7) is 5.29. The predicted molar refractivity (Wildman–Crippen MR) is 180 cm³/mol. The highest BCUT2D eigenvalue weighted by Gasteiger charge is 2.31. The van der Waals surface area contributed by atoms with Gasteiger partial charge in [-0.1, -0.05) is 31.4 Å². The van der Waals surface area contributed by atoms with Crippen molar-refractivity contribution < 1.29 is 38.6 Å². The molecule has 272 valence electrons. The molecule has 1 saturated heterocycles. The van der Waals surface area contributed by atoms with E-state index < -0.39 is 66.1 Å². The summed E-state index contributed by atoms with van der Waals surface area (Å²) < 4.78 is 7.35. The number of amides is 5. The van der Waals surface area contributed by atoms with Gasteiger partial charge in [0.2, 0.25) is 23.6 Å². The highest BCUT2D eigenvalue weighted by molar-refractivity contribution is 6.02. The molecule has 2 aliphatic heterocycles. The molecule has 4 rings (SSSR count). The number of hydrogen-bond acceptors (Lipinski definition) is 10. The number of aromatic nitrogens is 3. The molecular weight excluding hydrogens is 650 g/mol. The van der Waals surface area contributed by atoms with Crippen molar-refractivity contribution in [3.63, 3.8) is 0 Å². The maximum Gasteiger partial charge on any atom is 0.303 e. The van der Waals surface area contributed by atoms with Gasteiger partial charge in [-0.25, -0.2) is 4.68 Å². The van der Waals surface area contributed by atoms with Crippen molar-refractivity contribution in [3.05, 3.63) is 35.7 Å². The zero-order valence-electron chi connectivity index (χ0n) is 28.4. The molecule has 2 aliphatic rings. The van der Waals surface area contributed by atoms with Crippen molar-refractivity contribution in [2.75, 3.05) is 25.0 Å². The molecule has 0 unspecified atom stereocenters. The number of hydrogen-bond donors (Lipinski definition) is 7. The lowest BCUT2D eigenvalue weighted by molar-refractivity contribution is -0.137. The van der Waals surface area contributed by atoms with Crippen LogP contribution in [0.5, 0.6) is 5.75 Å². The lowest BCUT2D eigenvalue weighted by Crippen LogP contribution is -2.56. The van der Waals surface area contributed by atoms with Gasteiger partial charge in [0.05, 0.1) is 17.9 Å². The second kappa shape index (κ2) is 18.1. The number of nitrogens with two attached hydrogens (primary N) is 1. The molecular formula is C33H47N9O8. The molecule has 1 aromatic heterocycles. The molecule has 4 atom stereocenters. The van der Waals surface area contributed by atoms with Gasteiger partial charge in [0.25, 0.3) is 5.91 Å². The molecule has 8 N–H and O–H groups in total. The van der Waals surface area contributed by atoms with E-state index in [1.807, 2.05) is 6.92 Å². The van der Waals surface area contributed by atoms with Crippen LogP contribution in [-0.4, -0.2) is 93.4 Å². The van der Waals surface area contributed by atoms with E-state index >= 15 is 0 Å². The van der Waals surface area contributed by atoms with Crippen LogP contribution < -0.4 is 37.1 Å². The second-order valence-corrected chi connectivity index (χ2v) is 12.6. The fourth-order valence-corrected chi connectivity index (χ4v) is 5.82. The normalized spacial score (nSPS) is 21.3. The minimum Gasteiger partial charge on any atom is -0.493 e. The van der Waals surface area contributed by atoms with Crippen molar-refractivity contribution in [1.82, 2.24) is 36.3 Å². The average Bonchev–Trinajstić information content (AvgIpc) is 3.59. The largest absolute Gasteiger partial charge is 0.493 e. The summed E-state index contributed by atoms with van der Waals surface area (Å²) in [5.41, 5.74) is 6.57. The number of piperidine rings is 1. The Morgan fingerprint density at radius 3 is 2.46 bits per heavy atom. The summed E-state index contributed by atoms with van der Waals surface area (Å²) in [6.07, 6.45) is 5.31. The van der Waals surface area contributed by atoms with Gasteiger partial charge in [0.1, 0.15) is 29.9 Å².